The fourth-order valence-electron chi connectivity index (χ4n) is 4.22. The van der Waals surface area contributed by atoms with Gasteiger partial charge < -0.3 is 15.0 Å². The SMILES string of the molecule is O=C1N[C@H]2CCCN(C(=O)Cc3cccnc3)[C@H]2C/C=C/CCOc2ccccc21. The molecule has 0 unspecified atom stereocenters. The first-order valence-electron chi connectivity index (χ1n) is 10.6. The lowest BCUT2D eigenvalue weighted by molar-refractivity contribution is -0.134. The molecule has 2 aliphatic rings. The van der Waals surface area contributed by atoms with E-state index in [0.717, 1.165) is 24.8 Å². The number of hydrogen-bond acceptors (Lipinski definition) is 4. The lowest BCUT2D eigenvalue weighted by atomic mass is 9.92. The van der Waals surface area contributed by atoms with Crippen molar-refractivity contribution in [1.82, 2.24) is 15.2 Å². The van der Waals surface area contributed by atoms with Gasteiger partial charge in [0, 0.05) is 25.0 Å². The van der Waals surface area contributed by atoms with Crippen LogP contribution in [0.25, 0.3) is 0 Å². The number of aromatic nitrogens is 1. The second kappa shape index (κ2) is 9.57. The number of hydrogen-bond donors (Lipinski definition) is 1. The molecular formula is C24H27N3O3. The van der Waals surface area contributed by atoms with Crippen LogP contribution in [-0.4, -0.2) is 46.9 Å². The molecule has 2 atom stereocenters. The molecular weight excluding hydrogens is 378 g/mol. The van der Waals surface area contributed by atoms with Crippen molar-refractivity contribution in [2.75, 3.05) is 13.2 Å². The lowest BCUT2D eigenvalue weighted by Gasteiger charge is -2.41. The fraction of sp³-hybridized carbons (Fsp3) is 0.375. The van der Waals surface area contributed by atoms with Gasteiger partial charge in [-0.1, -0.05) is 30.4 Å². The van der Waals surface area contributed by atoms with Crippen LogP contribution in [0.15, 0.2) is 60.9 Å². The van der Waals surface area contributed by atoms with Crippen LogP contribution in [0.5, 0.6) is 5.75 Å². The van der Waals surface area contributed by atoms with E-state index in [0.29, 0.717) is 37.3 Å². The van der Waals surface area contributed by atoms with E-state index in [4.69, 9.17) is 4.74 Å². The van der Waals surface area contributed by atoms with Crippen molar-refractivity contribution in [3.8, 4) is 5.75 Å². The van der Waals surface area contributed by atoms with Crippen LogP contribution in [0.3, 0.4) is 0 Å². The average molecular weight is 405 g/mol. The average Bonchev–Trinajstić information content (AvgIpc) is 2.77. The Morgan fingerprint density at radius 2 is 2.10 bits per heavy atom. The number of carbonyl (C=O) groups excluding carboxylic acids is 2. The lowest BCUT2D eigenvalue weighted by Crippen LogP contribution is -2.57. The summed E-state index contributed by atoms with van der Waals surface area (Å²) >= 11 is 0. The maximum Gasteiger partial charge on any atom is 0.255 e. The Hall–Kier alpha value is -3.15. The number of likely N-dealkylation sites (tertiary alicyclic amines) is 1. The Balaban J connectivity index is 1.57. The summed E-state index contributed by atoms with van der Waals surface area (Å²) in [4.78, 5) is 32.2. The van der Waals surface area contributed by atoms with Gasteiger partial charge in [0.05, 0.1) is 24.6 Å². The molecule has 2 aromatic rings. The monoisotopic (exact) mass is 405 g/mol. The third-order valence-corrected chi connectivity index (χ3v) is 5.71. The summed E-state index contributed by atoms with van der Waals surface area (Å²) in [6, 6.07) is 10.9. The number of rotatable bonds is 2. The Bertz CT molecular complexity index is 913. The van der Waals surface area contributed by atoms with Crippen molar-refractivity contribution in [1.29, 1.82) is 0 Å². The van der Waals surface area contributed by atoms with Crippen molar-refractivity contribution in [2.24, 2.45) is 0 Å². The summed E-state index contributed by atoms with van der Waals surface area (Å²) in [6.07, 6.45) is 11.2. The largest absolute Gasteiger partial charge is 0.492 e. The molecule has 0 bridgehead atoms. The first-order valence-corrected chi connectivity index (χ1v) is 10.6. The zero-order valence-corrected chi connectivity index (χ0v) is 17.0. The number of piperidine rings is 1. The van der Waals surface area contributed by atoms with Crippen molar-refractivity contribution in [3.63, 3.8) is 0 Å². The highest BCUT2D eigenvalue weighted by molar-refractivity contribution is 5.97. The van der Waals surface area contributed by atoms with Crippen molar-refractivity contribution >= 4 is 11.8 Å². The highest BCUT2D eigenvalue weighted by Gasteiger charge is 2.35. The standard InChI is InChI=1S/C24H27N3O3/c28-23(16-18-8-6-13-25-17-18)27-14-7-10-20-21(27)11-2-1-5-15-30-22-12-4-3-9-19(22)24(29)26-20/h1-4,6,8-9,12-13,17,20-21H,5,7,10-11,14-16H2,(H,26,29)/b2-1+/t20-,21-/m0/s1. The van der Waals surface area contributed by atoms with Gasteiger partial charge in [-0.2, -0.15) is 0 Å². The quantitative estimate of drug-likeness (QED) is 0.780. The van der Waals surface area contributed by atoms with Crippen molar-refractivity contribution < 1.29 is 14.3 Å². The number of nitrogens with zero attached hydrogens (tertiary/aromatic N) is 2. The maximum absolute atomic E-state index is 13.1. The Morgan fingerprint density at radius 1 is 1.20 bits per heavy atom. The fourth-order valence-corrected chi connectivity index (χ4v) is 4.22. The number of para-hydroxylation sites is 1. The van der Waals surface area contributed by atoms with Gasteiger partial charge in [0.1, 0.15) is 5.75 Å². The summed E-state index contributed by atoms with van der Waals surface area (Å²) in [5.41, 5.74) is 1.45. The number of carbonyl (C=O) groups is 2. The molecule has 2 amide bonds. The highest BCUT2D eigenvalue weighted by atomic mass is 16.5. The van der Waals surface area contributed by atoms with E-state index in [-0.39, 0.29) is 23.9 Å². The van der Waals surface area contributed by atoms with Crippen LogP contribution >= 0.6 is 0 Å². The number of benzene rings is 1. The normalized spacial score (nSPS) is 22.9. The summed E-state index contributed by atoms with van der Waals surface area (Å²) in [5, 5.41) is 3.18. The number of fused-ring (bicyclic) bond motifs is 2. The van der Waals surface area contributed by atoms with E-state index in [1.807, 2.05) is 35.2 Å². The smallest absolute Gasteiger partial charge is 0.255 e. The molecule has 1 fully saturated rings. The predicted molar refractivity (Wildman–Crippen MR) is 114 cm³/mol. The summed E-state index contributed by atoms with van der Waals surface area (Å²) in [6.45, 7) is 1.22. The topological polar surface area (TPSA) is 71.5 Å². The Kier molecular flexibility index (Phi) is 6.42. The third-order valence-electron chi connectivity index (χ3n) is 5.71. The molecule has 0 aliphatic carbocycles. The number of amides is 2. The molecule has 0 spiro atoms. The van der Waals surface area contributed by atoms with E-state index in [1.54, 1.807) is 18.5 Å². The molecule has 1 saturated heterocycles. The molecule has 2 aliphatic heterocycles. The zero-order valence-electron chi connectivity index (χ0n) is 17.0. The summed E-state index contributed by atoms with van der Waals surface area (Å²) in [7, 11) is 0. The minimum absolute atomic E-state index is 0.0596. The van der Waals surface area contributed by atoms with Crippen molar-refractivity contribution in [2.45, 2.75) is 44.2 Å². The van der Waals surface area contributed by atoms with Gasteiger partial charge in [0.15, 0.2) is 0 Å². The van der Waals surface area contributed by atoms with E-state index >= 15 is 0 Å². The van der Waals surface area contributed by atoms with Crippen LogP contribution in [-0.2, 0) is 11.2 Å². The molecule has 1 N–H and O–H groups in total. The van der Waals surface area contributed by atoms with Gasteiger partial charge in [-0.05, 0) is 49.4 Å². The second-order valence-electron chi connectivity index (χ2n) is 7.76. The number of ether oxygens (including phenoxy) is 1. The van der Waals surface area contributed by atoms with Gasteiger partial charge in [0.2, 0.25) is 5.91 Å². The molecule has 0 radical (unpaired) electrons. The maximum atomic E-state index is 13.1. The van der Waals surface area contributed by atoms with Crippen LogP contribution in [0.1, 0.15) is 41.6 Å². The van der Waals surface area contributed by atoms with E-state index in [2.05, 4.69) is 22.5 Å². The molecule has 4 rings (SSSR count). The molecule has 156 valence electrons. The van der Waals surface area contributed by atoms with Crippen LogP contribution in [0.4, 0.5) is 0 Å². The van der Waals surface area contributed by atoms with E-state index in [1.165, 1.54) is 0 Å². The molecule has 1 aromatic heterocycles. The second-order valence-corrected chi connectivity index (χ2v) is 7.76. The van der Waals surface area contributed by atoms with Gasteiger partial charge in [-0.25, -0.2) is 0 Å². The van der Waals surface area contributed by atoms with E-state index < -0.39 is 0 Å². The third kappa shape index (κ3) is 4.70. The summed E-state index contributed by atoms with van der Waals surface area (Å²) in [5.74, 6) is 0.531. The molecule has 1 aromatic carbocycles. The van der Waals surface area contributed by atoms with Gasteiger partial charge >= 0.3 is 0 Å². The number of nitrogens with one attached hydrogen (secondary N) is 1. The molecule has 6 nitrogen and oxygen atoms in total. The van der Waals surface area contributed by atoms with Crippen LogP contribution < -0.4 is 10.1 Å². The number of pyridine rings is 1. The molecule has 6 heteroatoms. The van der Waals surface area contributed by atoms with Gasteiger partial charge in [0.25, 0.3) is 5.91 Å². The van der Waals surface area contributed by atoms with E-state index in [9.17, 15) is 9.59 Å². The highest BCUT2D eigenvalue weighted by Crippen LogP contribution is 2.25. The van der Waals surface area contributed by atoms with Crippen LogP contribution in [0.2, 0.25) is 0 Å². The first kappa shape index (κ1) is 20.1. The summed E-state index contributed by atoms with van der Waals surface area (Å²) < 4.78 is 5.81. The first-order chi connectivity index (χ1) is 14.7. The molecule has 30 heavy (non-hydrogen) atoms. The Labute approximate surface area is 176 Å². The minimum Gasteiger partial charge on any atom is -0.492 e. The van der Waals surface area contributed by atoms with Gasteiger partial charge in [-0.3, -0.25) is 14.6 Å². The van der Waals surface area contributed by atoms with Crippen molar-refractivity contribution in [3.05, 3.63) is 72.1 Å². The predicted octanol–water partition coefficient (Wildman–Crippen LogP) is 3.14. The Morgan fingerprint density at radius 3 is 2.97 bits per heavy atom. The molecule has 3 heterocycles. The zero-order chi connectivity index (χ0) is 20.8. The van der Waals surface area contributed by atoms with Gasteiger partial charge in [-0.15, -0.1) is 0 Å². The molecule has 0 saturated carbocycles. The van der Waals surface area contributed by atoms with Crippen LogP contribution in [0, 0.1) is 0 Å². The minimum atomic E-state index is -0.147.